The summed E-state index contributed by atoms with van der Waals surface area (Å²) in [5, 5.41) is 21.1. The molecule has 8 nitrogen and oxygen atoms in total. The number of hydrogen-bond donors (Lipinski definition) is 2. The van der Waals surface area contributed by atoms with Crippen LogP contribution in [0.1, 0.15) is 45.5 Å². The van der Waals surface area contributed by atoms with Gasteiger partial charge in [0.2, 0.25) is 0 Å². The van der Waals surface area contributed by atoms with E-state index in [-0.39, 0.29) is 23.6 Å². The molecule has 0 radical (unpaired) electrons. The van der Waals surface area contributed by atoms with Crippen LogP contribution in [0.2, 0.25) is 0 Å². The largest absolute Gasteiger partial charge is 0.504 e. The van der Waals surface area contributed by atoms with E-state index in [1.165, 1.54) is 11.1 Å². The second kappa shape index (κ2) is 12.9. The van der Waals surface area contributed by atoms with Crippen molar-refractivity contribution in [3.63, 3.8) is 0 Å². The molecule has 236 valence electrons. The molecule has 2 heterocycles. The van der Waals surface area contributed by atoms with Gasteiger partial charge in [0.05, 0.1) is 21.3 Å². The van der Waals surface area contributed by atoms with Gasteiger partial charge in [0, 0.05) is 25.2 Å². The normalized spacial score (nSPS) is 18.2. The maximum Gasteiger partial charge on any atom is 0.169 e. The third-order valence-corrected chi connectivity index (χ3v) is 9.34. The molecule has 6 rings (SSSR count). The van der Waals surface area contributed by atoms with Gasteiger partial charge in [-0.1, -0.05) is 18.2 Å². The summed E-state index contributed by atoms with van der Waals surface area (Å²) in [5.41, 5.74) is 6.91. The number of likely N-dealkylation sites (N-methyl/N-ethyl adjacent to an activating group) is 2. The molecule has 0 bridgehead atoms. The summed E-state index contributed by atoms with van der Waals surface area (Å²) in [7, 11) is 9.08. The van der Waals surface area contributed by atoms with Crippen molar-refractivity contribution in [1.82, 2.24) is 9.80 Å². The molecule has 45 heavy (non-hydrogen) atoms. The topological polar surface area (TPSA) is 83.9 Å². The van der Waals surface area contributed by atoms with Gasteiger partial charge in [-0.3, -0.25) is 9.80 Å². The molecule has 0 saturated carbocycles. The van der Waals surface area contributed by atoms with Gasteiger partial charge in [0.15, 0.2) is 34.5 Å². The van der Waals surface area contributed by atoms with E-state index in [9.17, 15) is 10.2 Å². The first-order valence-corrected chi connectivity index (χ1v) is 15.4. The summed E-state index contributed by atoms with van der Waals surface area (Å²) in [6, 6.07) is 22.1. The minimum absolute atomic E-state index is 0.102. The Morgan fingerprint density at radius 1 is 0.622 bits per heavy atom. The summed E-state index contributed by atoms with van der Waals surface area (Å²) in [4.78, 5) is 4.67. The molecule has 0 saturated heterocycles. The van der Waals surface area contributed by atoms with Crippen molar-refractivity contribution in [3.8, 4) is 40.2 Å². The number of benzene rings is 4. The van der Waals surface area contributed by atoms with E-state index in [4.69, 9.17) is 18.9 Å². The van der Waals surface area contributed by atoms with Crippen molar-refractivity contribution >= 4 is 0 Å². The Morgan fingerprint density at radius 2 is 1.16 bits per heavy atom. The van der Waals surface area contributed by atoms with Gasteiger partial charge in [0.25, 0.3) is 0 Å². The van der Waals surface area contributed by atoms with Crippen molar-refractivity contribution in [2.45, 2.75) is 37.8 Å². The highest BCUT2D eigenvalue weighted by Gasteiger charge is 2.28. The zero-order valence-corrected chi connectivity index (χ0v) is 26.7. The smallest absolute Gasteiger partial charge is 0.169 e. The van der Waals surface area contributed by atoms with Crippen molar-refractivity contribution < 1.29 is 29.2 Å². The molecular formula is C37H42N2O6. The maximum absolute atomic E-state index is 10.5. The quantitative estimate of drug-likeness (QED) is 0.224. The molecule has 0 aromatic heterocycles. The van der Waals surface area contributed by atoms with E-state index >= 15 is 0 Å². The van der Waals surface area contributed by atoms with Crippen LogP contribution in [0.15, 0.2) is 66.7 Å². The van der Waals surface area contributed by atoms with Crippen LogP contribution in [0.25, 0.3) is 0 Å². The molecule has 2 aliphatic rings. The van der Waals surface area contributed by atoms with Gasteiger partial charge in [-0.15, -0.1) is 0 Å². The van der Waals surface area contributed by atoms with Crippen LogP contribution in [-0.2, 0) is 25.7 Å². The number of nitrogens with zero attached hydrogens (tertiary/aromatic N) is 2. The first-order chi connectivity index (χ1) is 21.8. The van der Waals surface area contributed by atoms with Crippen LogP contribution < -0.4 is 18.9 Å². The third-order valence-electron chi connectivity index (χ3n) is 9.34. The minimum Gasteiger partial charge on any atom is -0.504 e. The van der Waals surface area contributed by atoms with Crippen LogP contribution in [0.3, 0.4) is 0 Å². The van der Waals surface area contributed by atoms with E-state index < -0.39 is 0 Å². The Morgan fingerprint density at radius 3 is 1.69 bits per heavy atom. The van der Waals surface area contributed by atoms with Crippen LogP contribution in [0, 0.1) is 0 Å². The zero-order chi connectivity index (χ0) is 31.7. The number of phenolic OH excluding ortho intramolecular Hbond substituents is 2. The number of hydrogen-bond acceptors (Lipinski definition) is 8. The van der Waals surface area contributed by atoms with E-state index in [0.717, 1.165) is 66.8 Å². The van der Waals surface area contributed by atoms with Crippen LogP contribution >= 0.6 is 0 Å². The van der Waals surface area contributed by atoms with Crippen molar-refractivity contribution in [1.29, 1.82) is 0 Å². The maximum atomic E-state index is 10.5. The standard InChI is InChI=1S/C37H42N2O6/c1-38-13-11-25-19-35(43-4)32(40)21-28(25)30(38)16-23-7-6-8-27(15-23)45-37-18-24(9-10-34(37)42-3)17-31-29-22-33(41)36(44-5)20-26(29)12-14-39(31)2/h6-10,15,18-22,30-31,40-41H,11-14,16-17H2,1-5H3/t30-,31-/m1/s1. The molecule has 2 aliphatic heterocycles. The SMILES string of the molecule is COc1cc2c(cc1O)[C@@H](Cc1cccc(Oc3cc(C[C@@H]4c5cc(O)c(OC)cc5CCN4C)ccc3OC)c1)N(C)CC2. The van der Waals surface area contributed by atoms with E-state index in [0.29, 0.717) is 23.0 Å². The van der Waals surface area contributed by atoms with Gasteiger partial charge in [-0.2, -0.15) is 0 Å². The summed E-state index contributed by atoms with van der Waals surface area (Å²) >= 11 is 0. The zero-order valence-electron chi connectivity index (χ0n) is 26.7. The number of aromatic hydroxyl groups is 2. The van der Waals surface area contributed by atoms with Gasteiger partial charge in [-0.05, 0) is 122 Å². The number of methoxy groups -OCH3 is 3. The number of fused-ring (bicyclic) bond motifs is 2. The molecule has 0 unspecified atom stereocenters. The highest BCUT2D eigenvalue weighted by molar-refractivity contribution is 5.51. The van der Waals surface area contributed by atoms with Crippen molar-refractivity contribution in [3.05, 3.63) is 100 Å². The van der Waals surface area contributed by atoms with Gasteiger partial charge < -0.3 is 29.2 Å². The molecular weight excluding hydrogens is 568 g/mol. The lowest BCUT2D eigenvalue weighted by Crippen LogP contribution is -2.33. The molecule has 2 N–H and O–H groups in total. The summed E-state index contributed by atoms with van der Waals surface area (Å²) < 4.78 is 22.9. The number of ether oxygens (including phenoxy) is 4. The average Bonchev–Trinajstić information content (AvgIpc) is 3.04. The Hall–Kier alpha value is -4.40. The predicted molar refractivity (Wildman–Crippen MR) is 174 cm³/mol. The Bertz CT molecular complexity index is 1690. The Kier molecular flexibility index (Phi) is 8.79. The van der Waals surface area contributed by atoms with Crippen molar-refractivity contribution in [2.24, 2.45) is 0 Å². The second-order valence-electron chi connectivity index (χ2n) is 12.1. The molecule has 8 heteroatoms. The lowest BCUT2D eigenvalue weighted by Gasteiger charge is -2.35. The first kappa shape index (κ1) is 30.6. The predicted octanol–water partition coefficient (Wildman–Crippen LogP) is 6.46. The monoisotopic (exact) mass is 610 g/mol. The molecule has 0 fully saturated rings. The molecule has 0 amide bonds. The first-order valence-electron chi connectivity index (χ1n) is 15.4. The van der Waals surface area contributed by atoms with E-state index in [2.05, 4.69) is 48.2 Å². The summed E-state index contributed by atoms with van der Waals surface area (Å²) in [5.74, 6) is 3.40. The molecule has 4 aromatic rings. The molecule has 4 aromatic carbocycles. The van der Waals surface area contributed by atoms with Crippen LogP contribution in [0.4, 0.5) is 0 Å². The fourth-order valence-electron chi connectivity index (χ4n) is 6.78. The highest BCUT2D eigenvalue weighted by atomic mass is 16.5. The fourth-order valence-corrected chi connectivity index (χ4v) is 6.78. The fraction of sp³-hybridized carbons (Fsp3) is 0.351. The second-order valence-corrected chi connectivity index (χ2v) is 12.1. The summed E-state index contributed by atoms with van der Waals surface area (Å²) in [6.45, 7) is 1.85. The Labute approximate surface area is 265 Å². The molecule has 2 atom stereocenters. The highest BCUT2D eigenvalue weighted by Crippen LogP contribution is 2.41. The van der Waals surface area contributed by atoms with Gasteiger partial charge >= 0.3 is 0 Å². The number of phenols is 2. The molecule has 0 aliphatic carbocycles. The van der Waals surface area contributed by atoms with E-state index in [1.54, 1.807) is 21.3 Å². The Balaban J connectivity index is 1.24. The number of rotatable bonds is 9. The molecule has 0 spiro atoms. The van der Waals surface area contributed by atoms with Crippen molar-refractivity contribution in [2.75, 3.05) is 48.5 Å². The van der Waals surface area contributed by atoms with Gasteiger partial charge in [-0.25, -0.2) is 0 Å². The van der Waals surface area contributed by atoms with Crippen LogP contribution in [0.5, 0.6) is 40.2 Å². The van der Waals surface area contributed by atoms with E-state index in [1.807, 2.05) is 42.5 Å². The van der Waals surface area contributed by atoms with Gasteiger partial charge in [0.1, 0.15) is 5.75 Å². The lowest BCUT2D eigenvalue weighted by molar-refractivity contribution is 0.228. The summed E-state index contributed by atoms with van der Waals surface area (Å²) in [6.07, 6.45) is 3.34. The lowest BCUT2D eigenvalue weighted by atomic mass is 9.88. The average molecular weight is 611 g/mol. The third kappa shape index (κ3) is 6.26. The van der Waals surface area contributed by atoms with Crippen LogP contribution in [-0.4, -0.2) is 68.5 Å². The minimum atomic E-state index is 0.102.